The van der Waals surface area contributed by atoms with Gasteiger partial charge in [-0.2, -0.15) is 0 Å². The van der Waals surface area contributed by atoms with Crippen molar-refractivity contribution in [3.8, 4) is 0 Å². The van der Waals surface area contributed by atoms with Crippen LogP contribution in [0.15, 0.2) is 6.20 Å². The third kappa shape index (κ3) is 7.40. The molecule has 0 atom stereocenters. The van der Waals surface area contributed by atoms with Gasteiger partial charge in [0.2, 0.25) is 5.91 Å². The van der Waals surface area contributed by atoms with Crippen LogP contribution in [0.2, 0.25) is 0 Å². The summed E-state index contributed by atoms with van der Waals surface area (Å²) in [5, 5.41) is 14.0. The van der Waals surface area contributed by atoms with Gasteiger partial charge in [0.05, 0.1) is 6.54 Å². The van der Waals surface area contributed by atoms with Crippen molar-refractivity contribution in [2.75, 3.05) is 0 Å². The van der Waals surface area contributed by atoms with Crippen molar-refractivity contribution in [3.05, 3.63) is 16.1 Å². The number of urea groups is 1. The molecule has 0 saturated heterocycles. The number of aryl methyl sites for hydroxylation is 1. The fourth-order valence-corrected chi connectivity index (χ4v) is 2.35. The number of aliphatic carboxylic acids is 1. The lowest BCUT2D eigenvalue weighted by molar-refractivity contribution is -0.137. The predicted molar refractivity (Wildman–Crippen MR) is 78.0 cm³/mol. The molecule has 8 heteroatoms. The van der Waals surface area contributed by atoms with Crippen molar-refractivity contribution in [2.24, 2.45) is 0 Å². The first-order valence-corrected chi connectivity index (χ1v) is 7.56. The number of carbonyl (C=O) groups excluding carboxylic acids is 2. The molecule has 116 valence electrons. The molecule has 1 heterocycles. The molecule has 0 aliphatic rings. The second-order valence-electron chi connectivity index (χ2n) is 4.41. The molecule has 7 nitrogen and oxygen atoms in total. The van der Waals surface area contributed by atoms with Crippen LogP contribution in [0.5, 0.6) is 0 Å². The van der Waals surface area contributed by atoms with Crippen LogP contribution in [0.1, 0.15) is 42.5 Å². The summed E-state index contributed by atoms with van der Waals surface area (Å²) in [6.07, 6.45) is 3.70. The average molecular weight is 313 g/mol. The lowest BCUT2D eigenvalue weighted by atomic mass is 10.2. The van der Waals surface area contributed by atoms with Crippen molar-refractivity contribution >= 4 is 29.2 Å². The van der Waals surface area contributed by atoms with E-state index in [4.69, 9.17) is 5.11 Å². The number of rotatable bonds is 8. The number of carbonyl (C=O) groups is 3. The molecule has 3 N–H and O–H groups in total. The number of carboxylic acids is 1. The summed E-state index contributed by atoms with van der Waals surface area (Å²) in [4.78, 5) is 38.5. The van der Waals surface area contributed by atoms with Crippen molar-refractivity contribution < 1.29 is 19.5 Å². The molecule has 0 aromatic carbocycles. The third-order valence-corrected chi connectivity index (χ3v) is 3.79. The Morgan fingerprint density at radius 2 is 2.00 bits per heavy atom. The minimum Gasteiger partial charge on any atom is -0.481 e. The van der Waals surface area contributed by atoms with Gasteiger partial charge in [0.15, 0.2) is 0 Å². The molecule has 1 aromatic rings. The summed E-state index contributed by atoms with van der Waals surface area (Å²) < 4.78 is 0. The number of nitrogens with zero attached hydrogens (tertiary/aromatic N) is 1. The molecular weight excluding hydrogens is 294 g/mol. The maximum absolute atomic E-state index is 11.5. The van der Waals surface area contributed by atoms with Crippen LogP contribution in [-0.4, -0.2) is 28.0 Å². The van der Waals surface area contributed by atoms with Crippen LogP contribution in [0.3, 0.4) is 0 Å². The Labute approximate surface area is 126 Å². The highest BCUT2D eigenvalue weighted by atomic mass is 32.1. The lowest BCUT2D eigenvalue weighted by Gasteiger charge is -2.05. The molecule has 0 aliphatic heterocycles. The van der Waals surface area contributed by atoms with Gasteiger partial charge in [-0.05, 0) is 19.3 Å². The molecule has 0 saturated carbocycles. The molecule has 0 aliphatic carbocycles. The molecule has 0 spiro atoms. The molecule has 3 amide bonds. The van der Waals surface area contributed by atoms with Gasteiger partial charge in [-0.1, -0.05) is 6.92 Å². The second kappa shape index (κ2) is 9.06. The molecular formula is C13H19N3O4S. The largest absolute Gasteiger partial charge is 0.481 e. The predicted octanol–water partition coefficient (Wildman–Crippen LogP) is 1.68. The van der Waals surface area contributed by atoms with Gasteiger partial charge in [0, 0.05) is 23.9 Å². The van der Waals surface area contributed by atoms with E-state index in [1.165, 1.54) is 11.3 Å². The fourth-order valence-electron chi connectivity index (χ4n) is 1.54. The third-order valence-electron chi connectivity index (χ3n) is 2.65. The molecule has 0 fully saturated rings. The van der Waals surface area contributed by atoms with E-state index < -0.39 is 17.9 Å². The summed E-state index contributed by atoms with van der Waals surface area (Å²) in [5.74, 6) is -1.30. The standard InChI is InChI=1S/C13H19N3O4S/c1-2-9-7-14-11(21-9)8-15-13(20)16-10(17)5-3-4-6-12(18)19/h7H,2-6,8H2,1H3,(H,18,19)(H2,15,16,17,20). The van der Waals surface area contributed by atoms with Gasteiger partial charge in [-0.15, -0.1) is 11.3 Å². The van der Waals surface area contributed by atoms with E-state index in [1.807, 2.05) is 6.92 Å². The zero-order chi connectivity index (χ0) is 15.7. The Kier molecular flexibility index (Phi) is 7.38. The number of hydrogen-bond acceptors (Lipinski definition) is 5. The number of aromatic nitrogens is 1. The van der Waals surface area contributed by atoms with Crippen LogP contribution in [-0.2, 0) is 22.6 Å². The highest BCUT2D eigenvalue weighted by Crippen LogP contribution is 2.12. The summed E-state index contributed by atoms with van der Waals surface area (Å²) in [6, 6.07) is -0.563. The van der Waals surface area contributed by atoms with E-state index in [-0.39, 0.29) is 19.4 Å². The summed E-state index contributed by atoms with van der Waals surface area (Å²) in [7, 11) is 0. The first-order chi connectivity index (χ1) is 10.0. The maximum atomic E-state index is 11.5. The normalized spacial score (nSPS) is 10.1. The van der Waals surface area contributed by atoms with Crippen molar-refractivity contribution in [1.82, 2.24) is 15.6 Å². The minimum atomic E-state index is -0.886. The Morgan fingerprint density at radius 1 is 1.29 bits per heavy atom. The van der Waals surface area contributed by atoms with Gasteiger partial charge in [0.25, 0.3) is 0 Å². The zero-order valence-electron chi connectivity index (χ0n) is 11.8. The summed E-state index contributed by atoms with van der Waals surface area (Å²) in [6.45, 7) is 2.31. The average Bonchev–Trinajstić information content (AvgIpc) is 2.89. The Balaban J connectivity index is 2.17. The fraction of sp³-hybridized carbons (Fsp3) is 0.538. The smallest absolute Gasteiger partial charge is 0.321 e. The number of hydrogen-bond donors (Lipinski definition) is 3. The number of carboxylic acid groups (broad SMARTS) is 1. The van der Waals surface area contributed by atoms with Gasteiger partial charge in [-0.3, -0.25) is 14.9 Å². The lowest BCUT2D eigenvalue weighted by Crippen LogP contribution is -2.38. The van der Waals surface area contributed by atoms with Crippen molar-refractivity contribution in [3.63, 3.8) is 0 Å². The number of nitrogens with one attached hydrogen (secondary N) is 2. The van der Waals surface area contributed by atoms with Crippen LogP contribution >= 0.6 is 11.3 Å². The van der Waals surface area contributed by atoms with Gasteiger partial charge in [-0.25, -0.2) is 9.78 Å². The SMILES string of the molecule is CCc1cnc(CNC(=O)NC(=O)CCCCC(=O)O)s1. The van der Waals surface area contributed by atoms with Crippen LogP contribution < -0.4 is 10.6 Å². The van der Waals surface area contributed by atoms with E-state index in [2.05, 4.69) is 15.6 Å². The van der Waals surface area contributed by atoms with Crippen LogP contribution in [0.25, 0.3) is 0 Å². The van der Waals surface area contributed by atoms with Crippen LogP contribution in [0.4, 0.5) is 4.79 Å². The topological polar surface area (TPSA) is 108 Å². The summed E-state index contributed by atoms with van der Waals surface area (Å²) >= 11 is 1.52. The Morgan fingerprint density at radius 3 is 2.62 bits per heavy atom. The molecule has 0 bridgehead atoms. The Hall–Kier alpha value is -1.96. The molecule has 0 radical (unpaired) electrons. The quantitative estimate of drug-likeness (QED) is 0.633. The molecule has 1 rings (SSSR count). The van der Waals surface area contributed by atoms with Crippen LogP contribution in [0, 0.1) is 0 Å². The number of unbranched alkanes of at least 4 members (excludes halogenated alkanes) is 1. The van der Waals surface area contributed by atoms with E-state index in [9.17, 15) is 14.4 Å². The van der Waals surface area contributed by atoms with Gasteiger partial charge in [0.1, 0.15) is 5.01 Å². The second-order valence-corrected chi connectivity index (χ2v) is 5.61. The number of imide groups is 1. The number of thiazole rings is 1. The highest BCUT2D eigenvalue weighted by Gasteiger charge is 2.08. The molecule has 0 unspecified atom stereocenters. The van der Waals surface area contributed by atoms with E-state index in [1.54, 1.807) is 6.20 Å². The first kappa shape index (κ1) is 17.1. The van der Waals surface area contributed by atoms with E-state index in [0.29, 0.717) is 12.8 Å². The van der Waals surface area contributed by atoms with E-state index >= 15 is 0 Å². The Bertz CT molecular complexity index is 501. The maximum Gasteiger partial charge on any atom is 0.321 e. The van der Waals surface area contributed by atoms with Crippen molar-refractivity contribution in [1.29, 1.82) is 0 Å². The molecule has 21 heavy (non-hydrogen) atoms. The summed E-state index contributed by atoms with van der Waals surface area (Å²) in [5.41, 5.74) is 0. The monoisotopic (exact) mass is 313 g/mol. The van der Waals surface area contributed by atoms with Crippen molar-refractivity contribution in [2.45, 2.75) is 45.6 Å². The van der Waals surface area contributed by atoms with Gasteiger partial charge < -0.3 is 10.4 Å². The minimum absolute atomic E-state index is 0.0310. The highest BCUT2D eigenvalue weighted by molar-refractivity contribution is 7.11. The number of amides is 3. The van der Waals surface area contributed by atoms with Gasteiger partial charge >= 0.3 is 12.0 Å². The molecule has 1 aromatic heterocycles. The van der Waals surface area contributed by atoms with E-state index in [0.717, 1.165) is 16.3 Å². The zero-order valence-corrected chi connectivity index (χ0v) is 12.7. The first-order valence-electron chi connectivity index (χ1n) is 6.74.